The molecule has 0 heterocycles. The molecule has 0 aliphatic heterocycles. The third kappa shape index (κ3) is 4.68. The number of methoxy groups -OCH3 is 2. The molecular formula is C20H22O4. The highest BCUT2D eigenvalue weighted by molar-refractivity contribution is 5.43. The summed E-state index contributed by atoms with van der Waals surface area (Å²) in [5, 5.41) is 10.4. The smallest absolute Gasteiger partial charge is 0.160 e. The molecule has 0 saturated heterocycles. The first-order chi connectivity index (χ1) is 11.7. The standard InChI is InChI=1S/C20H22O4/c1-4-12-24-17-7-5-6-16(14-17)18(21)10-8-15-9-11-19(22-2)20(13-15)23-3/h1,5-7,9,11,13-14,18,21H,8,10,12H2,2-3H3/t18-/m1/s1. The van der Waals surface area contributed by atoms with Crippen LogP contribution in [0.4, 0.5) is 0 Å². The van der Waals surface area contributed by atoms with Gasteiger partial charge in [-0.2, -0.15) is 0 Å². The Kier molecular flexibility index (Phi) is 6.53. The minimum Gasteiger partial charge on any atom is -0.493 e. The minimum atomic E-state index is -0.576. The maximum absolute atomic E-state index is 10.4. The Labute approximate surface area is 143 Å². The summed E-state index contributed by atoms with van der Waals surface area (Å²) in [5.74, 6) is 4.47. The van der Waals surface area contributed by atoms with Gasteiger partial charge in [0.2, 0.25) is 0 Å². The van der Waals surface area contributed by atoms with Crippen LogP contribution in [0.3, 0.4) is 0 Å². The molecule has 2 rings (SSSR count). The van der Waals surface area contributed by atoms with Crippen molar-refractivity contribution in [3.8, 4) is 29.6 Å². The van der Waals surface area contributed by atoms with Crippen molar-refractivity contribution < 1.29 is 19.3 Å². The quantitative estimate of drug-likeness (QED) is 0.756. The highest BCUT2D eigenvalue weighted by atomic mass is 16.5. The molecule has 4 heteroatoms. The number of benzene rings is 2. The normalized spacial score (nSPS) is 11.4. The largest absolute Gasteiger partial charge is 0.493 e. The van der Waals surface area contributed by atoms with Crippen molar-refractivity contribution in [2.24, 2.45) is 0 Å². The molecule has 0 aliphatic carbocycles. The summed E-state index contributed by atoms with van der Waals surface area (Å²) in [6, 6.07) is 13.1. The number of rotatable bonds is 8. The molecule has 0 unspecified atom stereocenters. The highest BCUT2D eigenvalue weighted by Crippen LogP contribution is 2.29. The molecule has 0 fully saturated rings. The van der Waals surface area contributed by atoms with Crippen molar-refractivity contribution in [2.75, 3.05) is 20.8 Å². The summed E-state index contributed by atoms with van der Waals surface area (Å²) in [6.07, 6.45) is 5.92. The van der Waals surface area contributed by atoms with Crippen LogP contribution in [0.2, 0.25) is 0 Å². The first-order valence-electron chi connectivity index (χ1n) is 7.73. The predicted octanol–water partition coefficient (Wildman–Crippen LogP) is 3.38. The van der Waals surface area contributed by atoms with Crippen molar-refractivity contribution >= 4 is 0 Å². The Morgan fingerprint density at radius 3 is 2.58 bits per heavy atom. The number of aryl methyl sites for hydroxylation is 1. The number of terminal acetylenes is 1. The van der Waals surface area contributed by atoms with Crippen LogP contribution < -0.4 is 14.2 Å². The van der Waals surface area contributed by atoms with Crippen LogP contribution in [0.1, 0.15) is 23.7 Å². The lowest BCUT2D eigenvalue weighted by Gasteiger charge is -2.14. The molecule has 1 N–H and O–H groups in total. The zero-order chi connectivity index (χ0) is 17.4. The lowest BCUT2D eigenvalue weighted by Crippen LogP contribution is -2.01. The van der Waals surface area contributed by atoms with Gasteiger partial charge in [-0.1, -0.05) is 24.1 Å². The SMILES string of the molecule is C#CCOc1cccc([C@H](O)CCc2ccc(OC)c(OC)c2)c1. The lowest BCUT2D eigenvalue weighted by atomic mass is 10.0. The molecule has 4 nitrogen and oxygen atoms in total. The lowest BCUT2D eigenvalue weighted by molar-refractivity contribution is 0.167. The molecule has 0 radical (unpaired) electrons. The molecule has 0 aromatic heterocycles. The van der Waals surface area contributed by atoms with Crippen LogP contribution in [0, 0.1) is 12.3 Å². The van der Waals surface area contributed by atoms with Crippen molar-refractivity contribution in [2.45, 2.75) is 18.9 Å². The summed E-state index contributed by atoms with van der Waals surface area (Å²) in [6.45, 7) is 0.213. The van der Waals surface area contributed by atoms with Crippen molar-refractivity contribution in [3.05, 3.63) is 53.6 Å². The Morgan fingerprint density at radius 1 is 1.08 bits per heavy atom. The predicted molar refractivity (Wildman–Crippen MR) is 93.6 cm³/mol. The number of hydrogen-bond donors (Lipinski definition) is 1. The third-order valence-corrected chi connectivity index (χ3v) is 3.72. The van der Waals surface area contributed by atoms with Crippen LogP contribution in [0.15, 0.2) is 42.5 Å². The van der Waals surface area contributed by atoms with E-state index in [9.17, 15) is 5.11 Å². The van der Waals surface area contributed by atoms with Crippen LogP contribution in [0.5, 0.6) is 17.2 Å². The van der Waals surface area contributed by atoms with Crippen LogP contribution in [0.25, 0.3) is 0 Å². The molecule has 24 heavy (non-hydrogen) atoms. The second-order valence-corrected chi connectivity index (χ2v) is 5.31. The van der Waals surface area contributed by atoms with E-state index in [1.807, 2.05) is 42.5 Å². The van der Waals surface area contributed by atoms with Gasteiger partial charge in [0.25, 0.3) is 0 Å². The topological polar surface area (TPSA) is 47.9 Å². The first-order valence-corrected chi connectivity index (χ1v) is 7.73. The van der Waals surface area contributed by atoms with E-state index in [-0.39, 0.29) is 6.61 Å². The fourth-order valence-corrected chi connectivity index (χ4v) is 2.44. The van der Waals surface area contributed by atoms with Crippen LogP contribution in [-0.4, -0.2) is 25.9 Å². The Balaban J connectivity index is 2.00. The number of aliphatic hydroxyl groups is 1. The van der Waals surface area contributed by atoms with E-state index in [4.69, 9.17) is 20.6 Å². The third-order valence-electron chi connectivity index (χ3n) is 3.72. The maximum atomic E-state index is 10.4. The zero-order valence-electron chi connectivity index (χ0n) is 14.0. The van der Waals surface area contributed by atoms with E-state index in [2.05, 4.69) is 5.92 Å². The van der Waals surface area contributed by atoms with Gasteiger partial charge in [0.05, 0.1) is 20.3 Å². The second kappa shape index (κ2) is 8.85. The summed E-state index contributed by atoms with van der Waals surface area (Å²) in [5.41, 5.74) is 1.89. The molecule has 126 valence electrons. The molecule has 0 spiro atoms. The van der Waals surface area contributed by atoms with E-state index in [1.54, 1.807) is 14.2 Å². The molecule has 1 atom stereocenters. The van der Waals surface area contributed by atoms with Gasteiger partial charge in [-0.3, -0.25) is 0 Å². The Bertz CT molecular complexity index is 703. The Morgan fingerprint density at radius 2 is 1.88 bits per heavy atom. The fraction of sp³-hybridized carbons (Fsp3) is 0.300. The average Bonchev–Trinajstić information content (AvgIpc) is 2.64. The van der Waals surface area contributed by atoms with Crippen molar-refractivity contribution in [3.63, 3.8) is 0 Å². The molecule has 0 aliphatic rings. The number of aliphatic hydroxyl groups excluding tert-OH is 1. The van der Waals surface area contributed by atoms with Gasteiger partial charge < -0.3 is 19.3 Å². The molecule has 0 saturated carbocycles. The van der Waals surface area contributed by atoms with Crippen molar-refractivity contribution in [1.82, 2.24) is 0 Å². The molecule has 2 aromatic rings. The number of hydrogen-bond acceptors (Lipinski definition) is 4. The minimum absolute atomic E-state index is 0.213. The van der Waals surface area contributed by atoms with Gasteiger partial charge in [-0.25, -0.2) is 0 Å². The maximum Gasteiger partial charge on any atom is 0.160 e. The van der Waals surface area contributed by atoms with Gasteiger partial charge in [0.1, 0.15) is 12.4 Å². The molecule has 0 bridgehead atoms. The van der Waals surface area contributed by atoms with Gasteiger partial charge in [-0.15, -0.1) is 6.42 Å². The monoisotopic (exact) mass is 326 g/mol. The van der Waals surface area contributed by atoms with Gasteiger partial charge >= 0.3 is 0 Å². The van der Waals surface area contributed by atoms with Gasteiger partial charge in [0.15, 0.2) is 11.5 Å². The first kappa shape index (κ1) is 17.7. The van der Waals surface area contributed by atoms with Crippen LogP contribution in [-0.2, 0) is 6.42 Å². The second-order valence-electron chi connectivity index (χ2n) is 5.31. The fourth-order valence-electron chi connectivity index (χ4n) is 2.44. The number of ether oxygens (including phenoxy) is 3. The molecule has 2 aromatic carbocycles. The van der Waals surface area contributed by atoms with Crippen molar-refractivity contribution in [1.29, 1.82) is 0 Å². The zero-order valence-corrected chi connectivity index (χ0v) is 14.0. The van der Waals surface area contributed by atoms with E-state index in [1.165, 1.54) is 0 Å². The average molecular weight is 326 g/mol. The van der Waals surface area contributed by atoms with E-state index < -0.39 is 6.10 Å². The summed E-state index contributed by atoms with van der Waals surface area (Å²) in [4.78, 5) is 0. The van der Waals surface area contributed by atoms with Gasteiger partial charge in [0, 0.05) is 0 Å². The van der Waals surface area contributed by atoms with Gasteiger partial charge in [-0.05, 0) is 48.2 Å². The van der Waals surface area contributed by atoms with E-state index >= 15 is 0 Å². The molecule has 0 amide bonds. The summed E-state index contributed by atoms with van der Waals surface area (Å²) in [7, 11) is 3.22. The summed E-state index contributed by atoms with van der Waals surface area (Å²) >= 11 is 0. The van der Waals surface area contributed by atoms with E-state index in [0.29, 0.717) is 23.7 Å². The highest BCUT2D eigenvalue weighted by Gasteiger charge is 2.10. The van der Waals surface area contributed by atoms with E-state index in [0.717, 1.165) is 17.5 Å². The molecular weight excluding hydrogens is 304 g/mol. The van der Waals surface area contributed by atoms with Crippen LogP contribution >= 0.6 is 0 Å². The Hall–Kier alpha value is -2.64. The summed E-state index contributed by atoms with van der Waals surface area (Å²) < 4.78 is 15.9.